The van der Waals surface area contributed by atoms with Gasteiger partial charge < -0.3 is 5.32 Å². The monoisotopic (exact) mass is 275 g/mol. The molecule has 76 valence electrons. The largest absolute Gasteiger partial charge is 0.349 e. The summed E-state index contributed by atoms with van der Waals surface area (Å²) in [5.74, 6) is -0.0977. The average molecular weight is 277 g/mol. The van der Waals surface area contributed by atoms with Gasteiger partial charge in [-0.15, -0.1) is 0 Å². The van der Waals surface area contributed by atoms with E-state index in [9.17, 15) is 4.79 Å². The van der Waals surface area contributed by atoms with Crippen LogP contribution in [-0.2, 0) is 0 Å². The molecule has 0 bridgehead atoms. The van der Waals surface area contributed by atoms with Crippen molar-refractivity contribution in [1.82, 2.24) is 5.32 Å². The molecule has 1 atom stereocenters. The molecule has 0 aromatic heterocycles. The topological polar surface area (TPSA) is 29.1 Å². The number of carbonyl (C=O) groups excluding carboxylic acids is 1. The summed E-state index contributed by atoms with van der Waals surface area (Å²) in [5, 5.41) is 4.14. The number of alkyl halides is 1. The molecule has 1 rings (SSSR count). The SMILES string of the molecule is CC(CBr)NC(=O)c1cccc(Cl)c1. The molecule has 0 spiro atoms. The summed E-state index contributed by atoms with van der Waals surface area (Å²) < 4.78 is 0. The zero-order valence-corrected chi connectivity index (χ0v) is 10.1. The summed E-state index contributed by atoms with van der Waals surface area (Å²) in [6.45, 7) is 1.93. The zero-order chi connectivity index (χ0) is 10.6. The number of nitrogens with one attached hydrogen (secondary N) is 1. The highest BCUT2D eigenvalue weighted by Crippen LogP contribution is 2.10. The normalized spacial score (nSPS) is 12.2. The van der Waals surface area contributed by atoms with Gasteiger partial charge in [-0.1, -0.05) is 33.6 Å². The van der Waals surface area contributed by atoms with Crippen molar-refractivity contribution in [3.63, 3.8) is 0 Å². The van der Waals surface area contributed by atoms with Gasteiger partial charge in [0.2, 0.25) is 0 Å². The average Bonchev–Trinajstić information content (AvgIpc) is 2.17. The zero-order valence-electron chi connectivity index (χ0n) is 7.76. The van der Waals surface area contributed by atoms with Crippen molar-refractivity contribution >= 4 is 33.4 Å². The molecule has 1 amide bonds. The summed E-state index contributed by atoms with van der Waals surface area (Å²) >= 11 is 9.06. The van der Waals surface area contributed by atoms with E-state index in [4.69, 9.17) is 11.6 Å². The molecule has 0 heterocycles. The molecule has 4 heteroatoms. The van der Waals surface area contributed by atoms with Crippen molar-refractivity contribution in [2.75, 3.05) is 5.33 Å². The van der Waals surface area contributed by atoms with Gasteiger partial charge in [0.1, 0.15) is 0 Å². The molecule has 1 aromatic carbocycles. The Hall–Kier alpha value is -0.540. The second-order valence-corrected chi connectivity index (χ2v) is 4.12. The minimum absolute atomic E-state index is 0.0977. The Morgan fingerprint density at radius 2 is 2.36 bits per heavy atom. The summed E-state index contributed by atoms with van der Waals surface area (Å²) in [7, 11) is 0. The fourth-order valence-electron chi connectivity index (χ4n) is 0.975. The second-order valence-electron chi connectivity index (χ2n) is 3.04. The van der Waals surface area contributed by atoms with E-state index < -0.39 is 0 Å². The van der Waals surface area contributed by atoms with E-state index in [-0.39, 0.29) is 11.9 Å². The molecule has 0 aliphatic rings. The third-order valence-electron chi connectivity index (χ3n) is 1.70. The van der Waals surface area contributed by atoms with Gasteiger partial charge >= 0.3 is 0 Å². The molecule has 1 unspecified atom stereocenters. The van der Waals surface area contributed by atoms with E-state index in [1.165, 1.54) is 0 Å². The minimum Gasteiger partial charge on any atom is -0.349 e. The summed E-state index contributed by atoms with van der Waals surface area (Å²) in [6, 6.07) is 7.00. The minimum atomic E-state index is -0.0977. The maximum atomic E-state index is 11.6. The molecule has 1 N–H and O–H groups in total. The Morgan fingerprint density at radius 1 is 1.64 bits per heavy atom. The van der Waals surface area contributed by atoms with Crippen molar-refractivity contribution in [3.05, 3.63) is 34.9 Å². The highest BCUT2D eigenvalue weighted by Gasteiger charge is 2.08. The number of hydrogen-bond acceptors (Lipinski definition) is 1. The predicted octanol–water partition coefficient (Wildman–Crippen LogP) is 2.85. The molecular weight excluding hydrogens is 265 g/mol. The van der Waals surface area contributed by atoms with Crippen molar-refractivity contribution in [2.45, 2.75) is 13.0 Å². The van der Waals surface area contributed by atoms with Crippen LogP contribution in [0.2, 0.25) is 5.02 Å². The van der Waals surface area contributed by atoms with Crippen LogP contribution in [0, 0.1) is 0 Å². The van der Waals surface area contributed by atoms with E-state index in [0.29, 0.717) is 10.6 Å². The van der Waals surface area contributed by atoms with Gasteiger partial charge in [-0.2, -0.15) is 0 Å². The van der Waals surface area contributed by atoms with Gasteiger partial charge in [0.25, 0.3) is 5.91 Å². The van der Waals surface area contributed by atoms with E-state index in [0.717, 1.165) is 5.33 Å². The van der Waals surface area contributed by atoms with Crippen LogP contribution in [-0.4, -0.2) is 17.3 Å². The smallest absolute Gasteiger partial charge is 0.251 e. The first-order chi connectivity index (χ1) is 6.63. The van der Waals surface area contributed by atoms with Crippen LogP contribution >= 0.6 is 27.5 Å². The van der Waals surface area contributed by atoms with Crippen molar-refractivity contribution < 1.29 is 4.79 Å². The standard InChI is InChI=1S/C10H11BrClNO/c1-7(6-11)13-10(14)8-3-2-4-9(12)5-8/h2-5,7H,6H2,1H3,(H,13,14). The van der Waals surface area contributed by atoms with Gasteiger partial charge in [0, 0.05) is 22.0 Å². The lowest BCUT2D eigenvalue weighted by molar-refractivity contribution is 0.0944. The van der Waals surface area contributed by atoms with Crippen molar-refractivity contribution in [3.8, 4) is 0 Å². The molecule has 0 fully saturated rings. The van der Waals surface area contributed by atoms with Crippen LogP contribution in [0.3, 0.4) is 0 Å². The third-order valence-corrected chi connectivity index (χ3v) is 2.90. The van der Waals surface area contributed by atoms with E-state index in [1.54, 1.807) is 24.3 Å². The maximum absolute atomic E-state index is 11.6. The number of amides is 1. The molecular formula is C10H11BrClNO. The Labute approximate surface area is 96.8 Å². The van der Waals surface area contributed by atoms with Crippen molar-refractivity contribution in [2.24, 2.45) is 0 Å². The van der Waals surface area contributed by atoms with Crippen LogP contribution in [0.4, 0.5) is 0 Å². The summed E-state index contributed by atoms with van der Waals surface area (Å²) in [6.07, 6.45) is 0. The lowest BCUT2D eigenvalue weighted by Crippen LogP contribution is -2.33. The summed E-state index contributed by atoms with van der Waals surface area (Å²) in [4.78, 5) is 11.6. The first-order valence-electron chi connectivity index (χ1n) is 4.26. The Kier molecular flexibility index (Phi) is 4.42. The lowest BCUT2D eigenvalue weighted by atomic mass is 10.2. The Bertz CT molecular complexity index is 330. The highest BCUT2D eigenvalue weighted by molar-refractivity contribution is 9.09. The number of carbonyl (C=O) groups is 1. The molecule has 2 nitrogen and oxygen atoms in total. The van der Waals surface area contributed by atoms with E-state index in [2.05, 4.69) is 21.2 Å². The lowest BCUT2D eigenvalue weighted by Gasteiger charge is -2.10. The molecule has 0 saturated carbocycles. The molecule has 0 aliphatic heterocycles. The van der Waals surface area contributed by atoms with Gasteiger partial charge in [-0.3, -0.25) is 4.79 Å². The number of rotatable bonds is 3. The molecule has 0 aliphatic carbocycles. The highest BCUT2D eigenvalue weighted by atomic mass is 79.9. The van der Waals surface area contributed by atoms with Gasteiger partial charge in [0.15, 0.2) is 0 Å². The van der Waals surface area contributed by atoms with Gasteiger partial charge in [-0.05, 0) is 25.1 Å². The first kappa shape index (κ1) is 11.5. The van der Waals surface area contributed by atoms with E-state index >= 15 is 0 Å². The van der Waals surface area contributed by atoms with Crippen LogP contribution in [0.25, 0.3) is 0 Å². The number of benzene rings is 1. The second kappa shape index (κ2) is 5.37. The van der Waals surface area contributed by atoms with E-state index in [1.807, 2.05) is 6.92 Å². The molecule has 14 heavy (non-hydrogen) atoms. The van der Waals surface area contributed by atoms with Crippen LogP contribution < -0.4 is 5.32 Å². The fourth-order valence-corrected chi connectivity index (χ4v) is 1.33. The molecule has 0 saturated heterocycles. The van der Waals surface area contributed by atoms with Gasteiger partial charge in [-0.25, -0.2) is 0 Å². The van der Waals surface area contributed by atoms with Crippen LogP contribution in [0.5, 0.6) is 0 Å². The van der Waals surface area contributed by atoms with Gasteiger partial charge in [0.05, 0.1) is 0 Å². The maximum Gasteiger partial charge on any atom is 0.251 e. The Balaban J connectivity index is 2.70. The number of halogens is 2. The first-order valence-corrected chi connectivity index (χ1v) is 5.76. The predicted molar refractivity (Wildman–Crippen MR) is 62.2 cm³/mol. The molecule has 1 aromatic rings. The molecule has 0 radical (unpaired) electrons. The number of hydrogen-bond donors (Lipinski definition) is 1. The van der Waals surface area contributed by atoms with Crippen LogP contribution in [0.15, 0.2) is 24.3 Å². The quantitative estimate of drug-likeness (QED) is 0.845. The fraction of sp³-hybridized carbons (Fsp3) is 0.300. The van der Waals surface area contributed by atoms with Crippen molar-refractivity contribution in [1.29, 1.82) is 0 Å². The Morgan fingerprint density at radius 3 is 2.93 bits per heavy atom. The van der Waals surface area contributed by atoms with Crippen LogP contribution in [0.1, 0.15) is 17.3 Å². The summed E-state index contributed by atoms with van der Waals surface area (Å²) in [5.41, 5.74) is 0.588. The third kappa shape index (κ3) is 3.31.